The van der Waals surface area contributed by atoms with E-state index < -0.39 is 30.0 Å². The summed E-state index contributed by atoms with van der Waals surface area (Å²) >= 11 is 0. The predicted molar refractivity (Wildman–Crippen MR) is 134 cm³/mol. The lowest BCUT2D eigenvalue weighted by Crippen LogP contribution is -2.45. The van der Waals surface area contributed by atoms with Gasteiger partial charge in [-0.3, -0.25) is 14.7 Å². The van der Waals surface area contributed by atoms with Crippen LogP contribution >= 0.6 is 0 Å². The number of ether oxygens (including phenoxy) is 1. The van der Waals surface area contributed by atoms with Crippen molar-refractivity contribution in [2.75, 3.05) is 19.4 Å². The van der Waals surface area contributed by atoms with Crippen molar-refractivity contribution in [1.82, 2.24) is 4.90 Å². The van der Waals surface area contributed by atoms with Crippen molar-refractivity contribution >= 4 is 37.0 Å². The predicted octanol–water partition coefficient (Wildman–Crippen LogP) is 3.91. The van der Waals surface area contributed by atoms with Gasteiger partial charge in [-0.05, 0) is 52.1 Å². The first-order valence-electron chi connectivity index (χ1n) is 12.1. The number of nitrogen functional groups attached to an aromatic ring is 1. The molecule has 0 aromatic heterocycles. The van der Waals surface area contributed by atoms with Gasteiger partial charge in [0.2, 0.25) is 6.04 Å². The van der Waals surface area contributed by atoms with E-state index in [9.17, 15) is 18.4 Å². The zero-order valence-electron chi connectivity index (χ0n) is 21.5. The number of halogens is 2. The molecule has 188 valence electrons. The Hall–Kier alpha value is -2.29. The minimum absolute atomic E-state index is 0.0408. The summed E-state index contributed by atoms with van der Waals surface area (Å²) < 4.78 is 32.1. The summed E-state index contributed by atoms with van der Waals surface area (Å²) in [5, 5.41) is 0. The number of likely N-dealkylation sites (tertiary alicyclic amines) is 1. The molecule has 1 saturated carbocycles. The molecule has 9 heteroatoms. The van der Waals surface area contributed by atoms with Crippen molar-refractivity contribution < 1.29 is 23.1 Å². The largest absolute Gasteiger partial charge is 0.464 e. The molecule has 2 radical (unpaired) electrons. The topological polar surface area (TPSA) is 85.0 Å². The van der Waals surface area contributed by atoms with Crippen molar-refractivity contribution in [1.29, 1.82) is 0 Å². The smallest absolute Gasteiger partial charge is 0.338 e. The normalized spacial score (nSPS) is 19.3. The zero-order chi connectivity index (χ0) is 26.2. The quantitative estimate of drug-likeness (QED) is 0.212. The second kappa shape index (κ2) is 13.0. The summed E-state index contributed by atoms with van der Waals surface area (Å²) in [5.74, 6) is -1.19. The number of benzene rings is 1. The molecular weight excluding hydrogens is 439 g/mol. The van der Waals surface area contributed by atoms with E-state index in [-0.39, 0.29) is 34.6 Å². The lowest BCUT2D eigenvalue weighted by atomic mass is 9.86. The van der Waals surface area contributed by atoms with Crippen molar-refractivity contribution in [3.63, 3.8) is 0 Å². The fourth-order valence-corrected chi connectivity index (χ4v) is 4.18. The Bertz CT molecular complexity index is 889. The average Bonchev–Trinajstić information content (AvgIpc) is 3.55. The highest BCUT2D eigenvalue weighted by Crippen LogP contribution is 2.51. The molecule has 2 unspecified atom stereocenters. The maximum absolute atomic E-state index is 13.5. The second-order valence-electron chi connectivity index (χ2n) is 8.03. The number of likely N-dealkylation sites (N-methyl/N-ethyl adjacent to an activating group) is 1. The molecule has 1 heterocycles. The van der Waals surface area contributed by atoms with Crippen molar-refractivity contribution in [2.45, 2.75) is 91.3 Å². The molecule has 1 aromatic carbocycles. The number of Topliss-reactive ketones (excluding diaryl/α,β-unsaturated/α-hetero) is 1. The van der Waals surface area contributed by atoms with E-state index >= 15 is 0 Å². The molecule has 1 saturated heterocycles. The molecule has 2 atom stereocenters. The third-order valence-corrected chi connectivity index (χ3v) is 6.37. The van der Waals surface area contributed by atoms with Crippen molar-refractivity contribution in [3.8, 4) is 0 Å². The van der Waals surface area contributed by atoms with E-state index in [1.807, 2.05) is 39.6 Å². The molecule has 1 aliphatic carbocycles. The van der Waals surface area contributed by atoms with Gasteiger partial charge in [0, 0.05) is 28.6 Å². The minimum atomic E-state index is -2.84. The first-order valence-corrected chi connectivity index (χ1v) is 12.1. The van der Waals surface area contributed by atoms with E-state index in [0.717, 1.165) is 31.5 Å². The molecule has 1 aliphatic heterocycles. The Morgan fingerprint density at radius 1 is 1.29 bits per heavy atom. The number of hydrogen-bond donors (Lipinski definition) is 1. The summed E-state index contributed by atoms with van der Waals surface area (Å²) in [7, 11) is 7.64. The van der Waals surface area contributed by atoms with E-state index in [4.69, 9.17) is 18.3 Å². The first-order chi connectivity index (χ1) is 16.1. The van der Waals surface area contributed by atoms with Crippen LogP contribution in [0.4, 0.5) is 14.5 Å². The van der Waals surface area contributed by atoms with Crippen LogP contribution in [0.25, 0.3) is 0 Å². The Balaban J connectivity index is 0.00000137. The number of anilines is 1. The number of carbonyl (C=O) groups excluding carboxylic acids is 2. The zero-order valence-corrected chi connectivity index (χ0v) is 21.5. The van der Waals surface area contributed by atoms with Gasteiger partial charge in [-0.15, -0.1) is 0 Å². The number of ketones is 1. The highest BCUT2D eigenvalue weighted by molar-refractivity contribution is 6.34. The number of nitrogens with zero attached hydrogens (tertiary/aromatic N) is 2. The van der Waals surface area contributed by atoms with Crippen LogP contribution in [0.5, 0.6) is 0 Å². The third kappa shape index (κ3) is 6.23. The van der Waals surface area contributed by atoms with Gasteiger partial charge in [0.1, 0.15) is 7.85 Å². The van der Waals surface area contributed by atoms with Crippen LogP contribution in [0.15, 0.2) is 11.1 Å². The Morgan fingerprint density at radius 3 is 2.35 bits per heavy atom. The average molecular weight is 477 g/mol. The van der Waals surface area contributed by atoms with E-state index in [2.05, 4.69) is 4.99 Å². The molecule has 6 nitrogen and oxygen atoms in total. The molecule has 2 fully saturated rings. The SMILES string of the molecule is CC.CC.[B]c1cc(C(F)F)c(C=NC(C(=O)OCC)C(=O)C2CCC3(CC3)N2C)c(N)c1C. The standard InChI is InChI=1S/C21H26BF2N3O3.2C2H6/c1-4-30-20(29)17(18(28)15-5-6-21(7-8-21)27(15)3)26-10-13-12(19(23)24)9-14(22)11(2)16(13)25;2*1-2/h9-10,15,17,19H,4-8,25H2,1-3H3;2*1-2H3. The first kappa shape index (κ1) is 29.7. The fourth-order valence-electron chi connectivity index (χ4n) is 4.18. The van der Waals surface area contributed by atoms with Gasteiger partial charge in [0.25, 0.3) is 6.43 Å². The molecule has 2 aliphatic rings. The van der Waals surface area contributed by atoms with Gasteiger partial charge in [-0.1, -0.05) is 39.2 Å². The Kier molecular flexibility index (Phi) is 11.4. The monoisotopic (exact) mass is 477 g/mol. The summed E-state index contributed by atoms with van der Waals surface area (Å²) in [4.78, 5) is 31.8. The number of aliphatic imine (C=N–C) groups is 1. The molecule has 0 bridgehead atoms. The van der Waals surface area contributed by atoms with Crippen LogP contribution in [0, 0.1) is 6.92 Å². The van der Waals surface area contributed by atoms with Gasteiger partial charge in [0.15, 0.2) is 5.78 Å². The maximum atomic E-state index is 13.5. The van der Waals surface area contributed by atoms with Gasteiger partial charge >= 0.3 is 5.97 Å². The minimum Gasteiger partial charge on any atom is -0.464 e. The molecule has 2 N–H and O–H groups in total. The summed E-state index contributed by atoms with van der Waals surface area (Å²) in [6.07, 6.45) is 1.80. The highest BCUT2D eigenvalue weighted by atomic mass is 19.3. The van der Waals surface area contributed by atoms with E-state index in [1.165, 1.54) is 0 Å². The molecule has 0 amide bonds. The van der Waals surface area contributed by atoms with Crippen LogP contribution in [0.2, 0.25) is 0 Å². The number of hydrogen-bond acceptors (Lipinski definition) is 6. The van der Waals surface area contributed by atoms with Crippen LogP contribution in [0.3, 0.4) is 0 Å². The summed E-state index contributed by atoms with van der Waals surface area (Å²) in [5.41, 5.74) is 6.21. The number of carbonyl (C=O) groups is 2. The summed E-state index contributed by atoms with van der Waals surface area (Å²) in [6, 6.07) is -0.756. The number of rotatable bonds is 7. The van der Waals surface area contributed by atoms with Crippen molar-refractivity contribution in [2.24, 2.45) is 4.99 Å². The van der Waals surface area contributed by atoms with Crippen LogP contribution in [0.1, 0.15) is 83.4 Å². The van der Waals surface area contributed by atoms with E-state index in [1.54, 1.807) is 13.8 Å². The molecule has 34 heavy (non-hydrogen) atoms. The van der Waals surface area contributed by atoms with Crippen LogP contribution in [-0.2, 0) is 14.3 Å². The Morgan fingerprint density at radius 2 is 1.88 bits per heavy atom. The van der Waals surface area contributed by atoms with Crippen LogP contribution in [-0.4, -0.2) is 62.0 Å². The maximum Gasteiger partial charge on any atom is 0.338 e. The van der Waals surface area contributed by atoms with Crippen LogP contribution < -0.4 is 11.2 Å². The van der Waals surface area contributed by atoms with Gasteiger partial charge < -0.3 is 10.5 Å². The second-order valence-corrected chi connectivity index (χ2v) is 8.03. The van der Waals surface area contributed by atoms with Gasteiger partial charge in [-0.2, -0.15) is 0 Å². The molecular formula is C25H38BF2N3O3. The molecule has 1 aromatic rings. The fraction of sp³-hybridized carbons (Fsp3) is 0.640. The van der Waals surface area contributed by atoms with Gasteiger partial charge in [-0.25, -0.2) is 13.6 Å². The molecule has 1 spiro atoms. The Labute approximate surface area is 203 Å². The number of nitrogens with two attached hydrogens (primary N) is 1. The lowest BCUT2D eigenvalue weighted by Gasteiger charge is -2.26. The molecule has 3 rings (SSSR count). The number of alkyl halides is 2. The highest BCUT2D eigenvalue weighted by Gasteiger charge is 2.55. The van der Waals surface area contributed by atoms with E-state index in [0.29, 0.717) is 12.0 Å². The number of esters is 1. The third-order valence-electron chi connectivity index (χ3n) is 6.37. The van der Waals surface area contributed by atoms with Gasteiger partial charge in [0.05, 0.1) is 12.6 Å². The lowest BCUT2D eigenvalue weighted by molar-refractivity contribution is -0.148. The van der Waals surface area contributed by atoms with Crippen molar-refractivity contribution in [3.05, 3.63) is 22.8 Å². The summed E-state index contributed by atoms with van der Waals surface area (Å²) in [6.45, 7) is 11.3.